The van der Waals surface area contributed by atoms with Crippen LogP contribution in [0.3, 0.4) is 0 Å². The quantitative estimate of drug-likeness (QED) is 0.754. The summed E-state index contributed by atoms with van der Waals surface area (Å²) >= 11 is 0. The van der Waals surface area contributed by atoms with Gasteiger partial charge in [-0.1, -0.05) is 40.7 Å². The molecule has 1 aromatic carbocycles. The van der Waals surface area contributed by atoms with Gasteiger partial charge < -0.3 is 14.2 Å². The van der Waals surface area contributed by atoms with E-state index in [1.807, 2.05) is 19.9 Å². The molecule has 0 aliphatic carbocycles. The molecule has 3 rings (SSSR count). The van der Waals surface area contributed by atoms with Gasteiger partial charge in [-0.05, 0) is 23.6 Å². The van der Waals surface area contributed by atoms with Crippen LogP contribution in [0.15, 0.2) is 27.6 Å². The maximum atomic E-state index is 11.3. The lowest BCUT2D eigenvalue weighted by atomic mass is 10.2. The summed E-state index contributed by atoms with van der Waals surface area (Å²) in [6, 6.07) is 5.39. The van der Waals surface area contributed by atoms with Crippen molar-refractivity contribution in [3.8, 4) is 24.3 Å². The van der Waals surface area contributed by atoms with Crippen molar-refractivity contribution < 1.29 is 22.6 Å². The summed E-state index contributed by atoms with van der Waals surface area (Å²) in [6.07, 6.45) is 8.00. The van der Waals surface area contributed by atoms with Crippen LogP contribution in [0.2, 0.25) is 0 Å². The van der Waals surface area contributed by atoms with Gasteiger partial charge in [0.15, 0.2) is 11.5 Å². The molecule has 0 fully saturated rings. The second kappa shape index (κ2) is 12.6. The lowest BCUT2D eigenvalue weighted by Gasteiger charge is -2.02. The average Bonchev–Trinajstić information content (AvgIpc) is 3.25. The molecule has 0 aromatic heterocycles. The Morgan fingerprint density at radius 1 is 1.21 bits per heavy atom. The van der Waals surface area contributed by atoms with E-state index in [9.17, 15) is 8.42 Å². The van der Waals surface area contributed by atoms with E-state index in [0.717, 1.165) is 11.5 Å². The van der Waals surface area contributed by atoms with E-state index >= 15 is 0 Å². The van der Waals surface area contributed by atoms with Crippen molar-refractivity contribution in [2.24, 2.45) is 15.3 Å². The Bertz CT molecular complexity index is 796. The molecule has 28 heavy (non-hydrogen) atoms. The van der Waals surface area contributed by atoms with Crippen LogP contribution < -0.4 is 14.2 Å². The number of rotatable bonds is 2. The highest BCUT2D eigenvalue weighted by molar-refractivity contribution is 7.89. The van der Waals surface area contributed by atoms with Crippen molar-refractivity contribution in [2.75, 3.05) is 13.9 Å². The third-order valence-electron chi connectivity index (χ3n) is 2.68. The number of benzene rings is 1. The predicted molar refractivity (Wildman–Crippen MR) is 112 cm³/mol. The first-order valence-electron chi connectivity index (χ1n) is 8.74. The minimum Gasteiger partial charge on any atom is -0.478 e. The molecule has 0 saturated heterocycles. The van der Waals surface area contributed by atoms with Gasteiger partial charge in [-0.3, -0.25) is 4.99 Å². The maximum absolute atomic E-state index is 11.3. The summed E-state index contributed by atoms with van der Waals surface area (Å²) in [6.45, 7) is 11.0. The third kappa shape index (κ3) is 8.31. The molecule has 0 radical (unpaired) electrons. The van der Waals surface area contributed by atoms with Gasteiger partial charge in [-0.2, -0.15) is 8.42 Å². The molecule has 2 aliphatic heterocycles. The highest BCUT2D eigenvalue weighted by Gasteiger charge is 2.27. The summed E-state index contributed by atoms with van der Waals surface area (Å²) in [4.78, 5) is 4.14. The van der Waals surface area contributed by atoms with Crippen LogP contribution in [-0.2, 0) is 21.5 Å². The van der Waals surface area contributed by atoms with Gasteiger partial charge in [0.2, 0.25) is 12.6 Å². The number of ether oxygens (including phenoxy) is 3. The molecule has 0 spiro atoms. The number of terminal acetylenes is 1. The third-order valence-corrected chi connectivity index (χ3v) is 3.54. The molecular formula is C19H29N3O5S. The van der Waals surface area contributed by atoms with Crippen LogP contribution in [-0.4, -0.2) is 34.1 Å². The van der Waals surface area contributed by atoms with Gasteiger partial charge >= 0.3 is 10.2 Å². The Morgan fingerprint density at radius 2 is 1.79 bits per heavy atom. The summed E-state index contributed by atoms with van der Waals surface area (Å²) in [5.74, 6) is 2.20. The van der Waals surface area contributed by atoms with Crippen LogP contribution in [0.4, 0.5) is 0 Å². The highest BCUT2D eigenvalue weighted by Crippen LogP contribution is 2.32. The molecule has 2 heterocycles. The van der Waals surface area contributed by atoms with E-state index in [-0.39, 0.29) is 25.1 Å². The zero-order valence-corrected chi connectivity index (χ0v) is 18.0. The second-order valence-electron chi connectivity index (χ2n) is 5.76. The fourth-order valence-corrected chi connectivity index (χ4v) is 2.61. The molecule has 0 bridgehead atoms. The number of nitrogens with zero attached hydrogens (tertiary/aromatic N) is 2. The Balaban J connectivity index is 0.000000797. The summed E-state index contributed by atoms with van der Waals surface area (Å²) in [7, 11) is -2.40. The first-order chi connectivity index (χ1) is 13.3. The number of amidine groups is 1. The minimum atomic E-state index is -3.73. The van der Waals surface area contributed by atoms with Crippen LogP contribution in [0.1, 0.15) is 40.2 Å². The van der Waals surface area contributed by atoms with E-state index in [2.05, 4.69) is 47.7 Å². The molecule has 1 aromatic rings. The molecule has 0 amide bonds. The van der Waals surface area contributed by atoms with Crippen molar-refractivity contribution >= 4 is 21.9 Å². The van der Waals surface area contributed by atoms with E-state index in [0.29, 0.717) is 11.5 Å². The lowest BCUT2D eigenvalue weighted by Crippen LogP contribution is -2.27. The Kier molecular flexibility index (Phi) is 11.4. The van der Waals surface area contributed by atoms with Crippen molar-refractivity contribution in [1.82, 2.24) is 4.72 Å². The van der Waals surface area contributed by atoms with Crippen molar-refractivity contribution in [3.05, 3.63) is 23.8 Å². The largest absolute Gasteiger partial charge is 0.478 e. The zero-order valence-electron chi connectivity index (χ0n) is 17.2. The summed E-state index contributed by atoms with van der Waals surface area (Å²) in [5, 5.41) is 0. The van der Waals surface area contributed by atoms with Crippen LogP contribution >= 0.6 is 0 Å². The topological polar surface area (TPSA) is 98.6 Å². The molecule has 9 heteroatoms. The smallest absolute Gasteiger partial charge is 0.347 e. The molecule has 156 valence electrons. The second-order valence-corrected chi connectivity index (χ2v) is 7.10. The standard InChI is InChI=1S/C11H11N3O5S.C4H10.C2H6.C2H2/c1-17-11-10(13-20(15,16)14-11)12-5-7-2-3-8-9(4-7)19-6-18-8;1-4(2)3;2*1-2/h2-4H,5-6H2,1H3,(H,12,13);4H,1-3H3;1-2H3;1-2H. The van der Waals surface area contributed by atoms with Crippen molar-refractivity contribution in [2.45, 2.75) is 41.2 Å². The molecule has 1 N–H and O–H groups in total. The van der Waals surface area contributed by atoms with Gasteiger partial charge in [-0.15, -0.1) is 17.2 Å². The van der Waals surface area contributed by atoms with Gasteiger partial charge in [0.1, 0.15) is 0 Å². The van der Waals surface area contributed by atoms with E-state index < -0.39 is 10.2 Å². The fourth-order valence-electron chi connectivity index (χ4n) is 1.78. The monoisotopic (exact) mass is 411 g/mol. The SMILES string of the molecule is C#C.CC.CC(C)C.COC1=NS(=O)(=O)NC1=NCc1ccc2c(c1)OCO2. The number of fused-ring (bicyclic) bond motifs is 1. The Labute approximate surface area is 168 Å². The van der Waals surface area contributed by atoms with E-state index in [1.165, 1.54) is 7.11 Å². The predicted octanol–water partition coefficient (Wildman–Crippen LogP) is 3.14. The molecule has 0 saturated carbocycles. The number of hydrogen-bond acceptors (Lipinski definition) is 6. The minimum absolute atomic E-state index is 0.0502. The van der Waals surface area contributed by atoms with Gasteiger partial charge in [0.25, 0.3) is 5.90 Å². The zero-order chi connectivity index (χ0) is 21.7. The van der Waals surface area contributed by atoms with Crippen molar-refractivity contribution in [3.63, 3.8) is 0 Å². The summed E-state index contributed by atoms with van der Waals surface area (Å²) in [5.41, 5.74) is 0.850. The van der Waals surface area contributed by atoms with Crippen LogP contribution in [0.25, 0.3) is 0 Å². The van der Waals surface area contributed by atoms with E-state index in [1.54, 1.807) is 12.1 Å². The number of nitrogens with one attached hydrogen (secondary N) is 1. The average molecular weight is 412 g/mol. The number of hydrogen-bond donors (Lipinski definition) is 1. The van der Waals surface area contributed by atoms with Crippen molar-refractivity contribution in [1.29, 1.82) is 0 Å². The number of methoxy groups -OCH3 is 1. The number of aliphatic imine (C=N–C) groups is 1. The summed E-state index contributed by atoms with van der Waals surface area (Å²) < 4.78 is 43.4. The van der Waals surface area contributed by atoms with Gasteiger partial charge in [-0.25, -0.2) is 4.72 Å². The first kappa shape index (κ1) is 25.3. The Morgan fingerprint density at radius 3 is 2.36 bits per heavy atom. The highest BCUT2D eigenvalue weighted by atomic mass is 32.2. The maximum Gasteiger partial charge on any atom is 0.347 e. The first-order valence-corrected chi connectivity index (χ1v) is 10.2. The molecule has 8 nitrogen and oxygen atoms in total. The molecule has 0 atom stereocenters. The normalized spacial score (nSPS) is 16.3. The Hall–Kier alpha value is -2.73. The van der Waals surface area contributed by atoms with Gasteiger partial charge in [0.05, 0.1) is 13.7 Å². The van der Waals surface area contributed by atoms with Crippen LogP contribution in [0.5, 0.6) is 11.5 Å². The molecule has 2 aliphatic rings. The van der Waals surface area contributed by atoms with Gasteiger partial charge in [0, 0.05) is 0 Å². The molecular weight excluding hydrogens is 382 g/mol. The fraction of sp³-hybridized carbons (Fsp3) is 0.474. The molecule has 0 unspecified atom stereocenters. The van der Waals surface area contributed by atoms with Crippen LogP contribution in [0, 0.1) is 18.8 Å². The lowest BCUT2D eigenvalue weighted by molar-refractivity contribution is 0.174. The van der Waals surface area contributed by atoms with E-state index in [4.69, 9.17) is 14.2 Å².